The third kappa shape index (κ3) is 1.87. The monoisotopic (exact) mass is 220 g/mol. The summed E-state index contributed by atoms with van der Waals surface area (Å²) in [5, 5.41) is 10.9. The molecule has 0 atom stereocenters. The van der Waals surface area contributed by atoms with Gasteiger partial charge < -0.3 is 5.11 Å². The molecule has 2 rings (SSSR count). The van der Waals surface area contributed by atoms with E-state index < -0.39 is 5.97 Å². The normalized spacial score (nSPS) is 10.2. The molecule has 76 valence electrons. The van der Waals surface area contributed by atoms with Crippen molar-refractivity contribution in [3.8, 4) is 10.6 Å². The van der Waals surface area contributed by atoms with Crippen LogP contribution < -0.4 is 0 Å². The molecular weight excluding hydrogens is 212 g/mol. The topological polar surface area (TPSA) is 63.1 Å². The molecule has 0 radical (unpaired) electrons. The first-order valence-electron chi connectivity index (χ1n) is 4.29. The van der Waals surface area contributed by atoms with Crippen LogP contribution in [0.15, 0.2) is 23.7 Å². The van der Waals surface area contributed by atoms with Gasteiger partial charge in [0.1, 0.15) is 11.4 Å². The number of aromatic nitrogens is 2. The van der Waals surface area contributed by atoms with Gasteiger partial charge >= 0.3 is 5.97 Å². The number of aromatic carboxylic acids is 1. The van der Waals surface area contributed by atoms with Gasteiger partial charge in [0.05, 0.1) is 10.6 Å². The van der Waals surface area contributed by atoms with Crippen LogP contribution in [-0.2, 0) is 0 Å². The molecule has 0 bridgehead atoms. The third-order valence-electron chi connectivity index (χ3n) is 1.89. The van der Waals surface area contributed by atoms with Gasteiger partial charge in [-0.25, -0.2) is 14.8 Å². The number of carbonyl (C=O) groups is 1. The number of hydrogen-bond acceptors (Lipinski definition) is 4. The highest BCUT2D eigenvalue weighted by Gasteiger charge is 2.14. The Morgan fingerprint density at radius 3 is 2.93 bits per heavy atom. The molecular formula is C10H8N2O2S. The van der Waals surface area contributed by atoms with Gasteiger partial charge in [-0.15, -0.1) is 11.3 Å². The second-order valence-corrected chi connectivity index (χ2v) is 3.91. The molecule has 0 amide bonds. The Hall–Kier alpha value is -1.75. The van der Waals surface area contributed by atoms with Gasteiger partial charge in [0, 0.05) is 6.20 Å². The van der Waals surface area contributed by atoms with Gasteiger partial charge in [-0.2, -0.15) is 0 Å². The van der Waals surface area contributed by atoms with Crippen molar-refractivity contribution in [2.24, 2.45) is 0 Å². The van der Waals surface area contributed by atoms with E-state index in [1.807, 2.05) is 17.5 Å². The minimum Gasteiger partial charge on any atom is -0.478 e. The van der Waals surface area contributed by atoms with Gasteiger partial charge in [0.15, 0.2) is 0 Å². The number of aryl methyl sites for hydroxylation is 1. The Morgan fingerprint density at radius 2 is 2.33 bits per heavy atom. The molecule has 0 fully saturated rings. The summed E-state index contributed by atoms with van der Waals surface area (Å²) in [5.41, 5.74) is 0.632. The van der Waals surface area contributed by atoms with Crippen LogP contribution in [0.5, 0.6) is 0 Å². The molecule has 0 saturated heterocycles. The van der Waals surface area contributed by atoms with Gasteiger partial charge in [-0.1, -0.05) is 6.07 Å². The number of hydrogen-bond donors (Lipinski definition) is 1. The third-order valence-corrected chi connectivity index (χ3v) is 2.77. The maximum absolute atomic E-state index is 11.0. The summed E-state index contributed by atoms with van der Waals surface area (Å²) in [4.78, 5) is 19.8. The molecule has 0 aliphatic carbocycles. The number of thiophene rings is 1. The summed E-state index contributed by atoms with van der Waals surface area (Å²) in [7, 11) is 0. The largest absolute Gasteiger partial charge is 0.478 e. The average molecular weight is 220 g/mol. The summed E-state index contributed by atoms with van der Waals surface area (Å²) >= 11 is 1.46. The van der Waals surface area contributed by atoms with Crippen molar-refractivity contribution in [3.63, 3.8) is 0 Å². The maximum atomic E-state index is 11.0. The Bertz CT molecular complexity index is 494. The van der Waals surface area contributed by atoms with Gasteiger partial charge in [0.2, 0.25) is 0 Å². The Labute approximate surface area is 90.3 Å². The molecule has 2 aromatic heterocycles. The second-order valence-electron chi connectivity index (χ2n) is 2.96. The summed E-state index contributed by atoms with van der Waals surface area (Å²) in [6, 6.07) is 3.71. The Morgan fingerprint density at radius 1 is 1.53 bits per heavy atom. The van der Waals surface area contributed by atoms with Crippen LogP contribution in [0, 0.1) is 6.92 Å². The van der Waals surface area contributed by atoms with Crippen LogP contribution in [0.4, 0.5) is 0 Å². The molecule has 15 heavy (non-hydrogen) atoms. The smallest absolute Gasteiger partial charge is 0.339 e. The first-order chi connectivity index (χ1) is 7.18. The number of rotatable bonds is 2. The highest BCUT2D eigenvalue weighted by Crippen LogP contribution is 2.25. The van der Waals surface area contributed by atoms with Crippen LogP contribution in [0.25, 0.3) is 10.6 Å². The van der Waals surface area contributed by atoms with E-state index in [9.17, 15) is 4.79 Å². The predicted molar refractivity (Wildman–Crippen MR) is 57.0 cm³/mol. The lowest BCUT2D eigenvalue weighted by Gasteiger charge is -2.02. The molecule has 0 aliphatic heterocycles. The number of carboxylic acid groups (broad SMARTS) is 1. The standard InChI is InChI=1S/C10H8N2O2S/c1-6-11-5-7(10(13)14)9(12-6)8-3-2-4-15-8/h2-5H,1H3,(H,13,14). The van der Waals surface area contributed by atoms with Crippen LogP contribution in [-0.4, -0.2) is 21.0 Å². The molecule has 0 saturated carbocycles. The van der Waals surface area contributed by atoms with E-state index >= 15 is 0 Å². The highest BCUT2D eigenvalue weighted by molar-refractivity contribution is 7.13. The zero-order valence-electron chi connectivity index (χ0n) is 7.97. The van der Waals surface area contributed by atoms with Gasteiger partial charge in [0.25, 0.3) is 0 Å². The summed E-state index contributed by atoms with van der Waals surface area (Å²) in [6.07, 6.45) is 1.35. The molecule has 1 N–H and O–H groups in total. The number of nitrogens with zero attached hydrogens (tertiary/aromatic N) is 2. The van der Waals surface area contributed by atoms with Crippen LogP contribution in [0.1, 0.15) is 16.2 Å². The van der Waals surface area contributed by atoms with Gasteiger partial charge in [-0.3, -0.25) is 0 Å². The quantitative estimate of drug-likeness (QED) is 0.842. The minimum atomic E-state index is -1.00. The van der Waals surface area contributed by atoms with Gasteiger partial charge in [-0.05, 0) is 18.4 Å². The molecule has 4 nitrogen and oxygen atoms in total. The van der Waals surface area contributed by atoms with Crippen LogP contribution >= 0.6 is 11.3 Å². The van der Waals surface area contributed by atoms with Crippen LogP contribution in [0.3, 0.4) is 0 Å². The van der Waals surface area contributed by atoms with Crippen molar-refractivity contribution in [2.45, 2.75) is 6.92 Å². The lowest BCUT2D eigenvalue weighted by molar-refractivity contribution is 0.0697. The molecule has 5 heteroatoms. The zero-order valence-corrected chi connectivity index (χ0v) is 8.78. The average Bonchev–Trinajstić information content (AvgIpc) is 2.69. The highest BCUT2D eigenvalue weighted by atomic mass is 32.1. The lowest BCUT2D eigenvalue weighted by Crippen LogP contribution is -2.03. The van der Waals surface area contributed by atoms with Crippen LogP contribution in [0.2, 0.25) is 0 Å². The van der Waals surface area contributed by atoms with Crippen molar-refractivity contribution in [2.75, 3.05) is 0 Å². The number of carboxylic acids is 1. The van der Waals surface area contributed by atoms with Crippen molar-refractivity contribution < 1.29 is 9.90 Å². The molecule has 0 aliphatic rings. The fraction of sp³-hybridized carbons (Fsp3) is 0.100. The molecule has 0 unspecified atom stereocenters. The fourth-order valence-electron chi connectivity index (χ4n) is 1.23. The van der Waals surface area contributed by atoms with E-state index in [4.69, 9.17) is 5.11 Å². The molecule has 0 spiro atoms. The maximum Gasteiger partial charge on any atom is 0.339 e. The lowest BCUT2D eigenvalue weighted by atomic mass is 10.2. The fourth-order valence-corrected chi connectivity index (χ4v) is 1.96. The predicted octanol–water partition coefficient (Wildman–Crippen LogP) is 2.21. The molecule has 2 heterocycles. The molecule has 0 aromatic carbocycles. The van der Waals surface area contributed by atoms with E-state index in [0.29, 0.717) is 11.5 Å². The van der Waals surface area contributed by atoms with Crippen molar-refractivity contribution >= 4 is 17.3 Å². The zero-order chi connectivity index (χ0) is 10.8. The van der Waals surface area contributed by atoms with E-state index in [-0.39, 0.29) is 5.56 Å². The summed E-state index contributed by atoms with van der Waals surface area (Å²) < 4.78 is 0. The van der Waals surface area contributed by atoms with E-state index in [1.54, 1.807) is 6.92 Å². The first kappa shape index (κ1) is 9.79. The Balaban J connectivity index is 2.63. The van der Waals surface area contributed by atoms with Crippen molar-refractivity contribution in [1.82, 2.24) is 9.97 Å². The van der Waals surface area contributed by atoms with E-state index in [2.05, 4.69) is 9.97 Å². The summed E-state index contributed by atoms with van der Waals surface area (Å²) in [5.74, 6) is -0.429. The van der Waals surface area contributed by atoms with Crippen molar-refractivity contribution in [1.29, 1.82) is 0 Å². The Kier molecular flexibility index (Phi) is 2.47. The summed E-state index contributed by atoms with van der Waals surface area (Å²) in [6.45, 7) is 1.74. The molecule has 2 aromatic rings. The van der Waals surface area contributed by atoms with E-state index in [0.717, 1.165) is 4.88 Å². The van der Waals surface area contributed by atoms with Crippen molar-refractivity contribution in [3.05, 3.63) is 35.1 Å². The first-order valence-corrected chi connectivity index (χ1v) is 5.17. The SMILES string of the molecule is Cc1ncc(C(=O)O)c(-c2cccs2)n1. The second kappa shape index (κ2) is 3.78. The minimum absolute atomic E-state index is 0.142. The van der Waals surface area contributed by atoms with E-state index in [1.165, 1.54) is 17.5 Å².